The van der Waals surface area contributed by atoms with Crippen LogP contribution in [0.2, 0.25) is 0 Å². The smallest absolute Gasteiger partial charge is 0.340 e. The highest BCUT2D eigenvalue weighted by Gasteiger charge is 2.14. The van der Waals surface area contributed by atoms with Crippen LogP contribution in [0.4, 0.5) is 5.69 Å². The third-order valence-electron chi connectivity index (χ3n) is 2.60. The zero-order chi connectivity index (χ0) is 14.3. The summed E-state index contributed by atoms with van der Waals surface area (Å²) in [4.78, 5) is 23.0. The molecule has 0 spiro atoms. The molecule has 0 heterocycles. The lowest BCUT2D eigenvalue weighted by atomic mass is 10.0. The summed E-state index contributed by atoms with van der Waals surface area (Å²) in [5.74, 6) is -0.721. The van der Waals surface area contributed by atoms with Gasteiger partial charge in [-0.3, -0.25) is 4.79 Å². The Labute approximate surface area is 112 Å². The normalized spacial score (nSPS) is 10.0. The van der Waals surface area contributed by atoms with Gasteiger partial charge in [0.2, 0.25) is 0 Å². The molecule has 0 atom stereocenters. The molecule has 0 fully saturated rings. The SMILES string of the molecule is CCOC(=O)CCc1cccc(C(=O)OCC)c1N. The zero-order valence-corrected chi connectivity index (χ0v) is 11.3. The number of aryl methyl sites for hydroxylation is 1. The molecule has 0 aliphatic carbocycles. The Balaban J connectivity index is 2.77. The molecular weight excluding hydrogens is 246 g/mol. The van der Waals surface area contributed by atoms with E-state index < -0.39 is 5.97 Å². The first-order chi connectivity index (χ1) is 9.10. The van der Waals surface area contributed by atoms with Gasteiger partial charge in [-0.1, -0.05) is 12.1 Å². The van der Waals surface area contributed by atoms with Crippen LogP contribution in [0.15, 0.2) is 18.2 Å². The van der Waals surface area contributed by atoms with E-state index in [9.17, 15) is 9.59 Å². The van der Waals surface area contributed by atoms with E-state index in [-0.39, 0.29) is 12.4 Å². The Bertz CT molecular complexity index is 457. The lowest BCUT2D eigenvalue weighted by Crippen LogP contribution is -2.11. The first kappa shape index (κ1) is 15.0. The van der Waals surface area contributed by atoms with E-state index in [2.05, 4.69) is 0 Å². The largest absolute Gasteiger partial charge is 0.466 e. The summed E-state index contributed by atoms with van der Waals surface area (Å²) in [7, 11) is 0. The predicted molar refractivity (Wildman–Crippen MR) is 71.8 cm³/mol. The fraction of sp³-hybridized carbons (Fsp3) is 0.429. The third kappa shape index (κ3) is 4.28. The van der Waals surface area contributed by atoms with Crippen LogP contribution in [0, 0.1) is 0 Å². The summed E-state index contributed by atoms with van der Waals surface area (Å²) in [5.41, 5.74) is 7.37. The van der Waals surface area contributed by atoms with Crippen molar-refractivity contribution >= 4 is 17.6 Å². The van der Waals surface area contributed by atoms with Crippen LogP contribution >= 0.6 is 0 Å². The molecule has 1 aromatic carbocycles. The topological polar surface area (TPSA) is 78.6 Å². The fourth-order valence-corrected chi connectivity index (χ4v) is 1.69. The van der Waals surface area contributed by atoms with Crippen molar-refractivity contribution in [1.82, 2.24) is 0 Å². The van der Waals surface area contributed by atoms with Crippen LogP contribution in [-0.4, -0.2) is 25.2 Å². The van der Waals surface area contributed by atoms with Crippen molar-refractivity contribution in [3.63, 3.8) is 0 Å². The summed E-state index contributed by atoms with van der Waals surface area (Å²) < 4.78 is 9.77. The van der Waals surface area contributed by atoms with Gasteiger partial charge in [-0.2, -0.15) is 0 Å². The summed E-state index contributed by atoms with van der Waals surface area (Å²) in [6, 6.07) is 5.13. The molecular formula is C14H19NO4. The van der Waals surface area contributed by atoms with Crippen molar-refractivity contribution in [1.29, 1.82) is 0 Å². The highest BCUT2D eigenvalue weighted by Crippen LogP contribution is 2.20. The number of esters is 2. The van der Waals surface area contributed by atoms with Crippen LogP contribution in [0.1, 0.15) is 36.2 Å². The fourth-order valence-electron chi connectivity index (χ4n) is 1.69. The molecule has 0 amide bonds. The Kier molecular flexibility index (Phi) is 5.85. The second-order valence-corrected chi connectivity index (χ2v) is 3.90. The summed E-state index contributed by atoms with van der Waals surface area (Å²) >= 11 is 0. The van der Waals surface area contributed by atoms with Crippen molar-refractivity contribution in [2.45, 2.75) is 26.7 Å². The number of hydrogen-bond acceptors (Lipinski definition) is 5. The lowest BCUT2D eigenvalue weighted by molar-refractivity contribution is -0.143. The van der Waals surface area contributed by atoms with Crippen LogP contribution in [0.3, 0.4) is 0 Å². The number of ether oxygens (including phenoxy) is 2. The molecule has 0 bridgehead atoms. The Morgan fingerprint density at radius 2 is 1.84 bits per heavy atom. The Morgan fingerprint density at radius 3 is 2.47 bits per heavy atom. The van der Waals surface area contributed by atoms with E-state index in [0.29, 0.717) is 30.9 Å². The molecule has 5 nitrogen and oxygen atoms in total. The number of rotatable bonds is 6. The van der Waals surface area contributed by atoms with Crippen LogP contribution in [-0.2, 0) is 20.7 Å². The van der Waals surface area contributed by atoms with E-state index in [1.165, 1.54) is 0 Å². The highest BCUT2D eigenvalue weighted by atomic mass is 16.5. The van der Waals surface area contributed by atoms with Gasteiger partial charge in [0, 0.05) is 12.1 Å². The average Bonchev–Trinajstić information content (AvgIpc) is 2.38. The first-order valence-electron chi connectivity index (χ1n) is 6.30. The maximum absolute atomic E-state index is 11.7. The maximum Gasteiger partial charge on any atom is 0.340 e. The van der Waals surface area contributed by atoms with E-state index >= 15 is 0 Å². The van der Waals surface area contributed by atoms with Gasteiger partial charge in [0.1, 0.15) is 0 Å². The van der Waals surface area contributed by atoms with Crippen LogP contribution in [0.25, 0.3) is 0 Å². The number of para-hydroxylation sites is 1. The van der Waals surface area contributed by atoms with Crippen molar-refractivity contribution in [2.24, 2.45) is 0 Å². The number of carbonyl (C=O) groups excluding carboxylic acids is 2. The number of anilines is 1. The number of nitrogens with two attached hydrogens (primary N) is 1. The van der Waals surface area contributed by atoms with Gasteiger partial charge in [-0.05, 0) is 31.9 Å². The van der Waals surface area contributed by atoms with Gasteiger partial charge in [0.05, 0.1) is 18.8 Å². The minimum Gasteiger partial charge on any atom is -0.466 e. The van der Waals surface area contributed by atoms with Gasteiger partial charge < -0.3 is 15.2 Å². The summed E-state index contributed by atoms with van der Waals surface area (Å²) in [6.07, 6.45) is 0.683. The predicted octanol–water partition coefficient (Wildman–Crippen LogP) is 1.94. The van der Waals surface area contributed by atoms with Gasteiger partial charge in [-0.25, -0.2) is 4.79 Å². The Morgan fingerprint density at radius 1 is 1.16 bits per heavy atom. The van der Waals surface area contributed by atoms with Crippen LogP contribution in [0.5, 0.6) is 0 Å². The quantitative estimate of drug-likeness (QED) is 0.628. The summed E-state index contributed by atoms with van der Waals surface area (Å²) in [6.45, 7) is 4.15. The molecule has 1 aromatic rings. The minimum atomic E-state index is -0.446. The highest BCUT2D eigenvalue weighted by molar-refractivity contribution is 5.95. The molecule has 5 heteroatoms. The maximum atomic E-state index is 11.7. The zero-order valence-electron chi connectivity index (χ0n) is 11.3. The van der Waals surface area contributed by atoms with Crippen molar-refractivity contribution in [2.75, 3.05) is 18.9 Å². The Hall–Kier alpha value is -2.04. The van der Waals surface area contributed by atoms with Crippen molar-refractivity contribution in [3.8, 4) is 0 Å². The first-order valence-corrected chi connectivity index (χ1v) is 6.30. The number of benzene rings is 1. The van der Waals surface area contributed by atoms with Gasteiger partial charge in [0.15, 0.2) is 0 Å². The van der Waals surface area contributed by atoms with Gasteiger partial charge >= 0.3 is 11.9 Å². The molecule has 0 unspecified atom stereocenters. The monoisotopic (exact) mass is 265 g/mol. The number of nitrogen functional groups attached to an aromatic ring is 1. The molecule has 2 N–H and O–H groups in total. The van der Waals surface area contributed by atoms with Crippen molar-refractivity contribution < 1.29 is 19.1 Å². The number of hydrogen-bond donors (Lipinski definition) is 1. The molecule has 0 saturated heterocycles. The lowest BCUT2D eigenvalue weighted by Gasteiger charge is -2.10. The second kappa shape index (κ2) is 7.41. The van der Waals surface area contributed by atoms with E-state index in [1.807, 2.05) is 0 Å². The third-order valence-corrected chi connectivity index (χ3v) is 2.60. The molecule has 1 rings (SSSR count). The average molecular weight is 265 g/mol. The second-order valence-electron chi connectivity index (χ2n) is 3.90. The van der Waals surface area contributed by atoms with E-state index in [0.717, 1.165) is 5.56 Å². The molecule has 19 heavy (non-hydrogen) atoms. The standard InChI is InChI=1S/C14H19NO4/c1-3-18-12(16)9-8-10-6-5-7-11(13(10)15)14(17)19-4-2/h5-7H,3-4,8-9,15H2,1-2H3. The molecule has 104 valence electrons. The van der Waals surface area contributed by atoms with Crippen molar-refractivity contribution in [3.05, 3.63) is 29.3 Å². The molecule has 0 saturated carbocycles. The van der Waals surface area contributed by atoms with Crippen LogP contribution < -0.4 is 5.73 Å². The van der Waals surface area contributed by atoms with Gasteiger partial charge in [0.25, 0.3) is 0 Å². The van der Waals surface area contributed by atoms with E-state index in [1.54, 1.807) is 32.0 Å². The molecule has 0 aliphatic rings. The molecule has 0 aliphatic heterocycles. The van der Waals surface area contributed by atoms with E-state index in [4.69, 9.17) is 15.2 Å². The number of carbonyl (C=O) groups is 2. The molecule has 0 radical (unpaired) electrons. The molecule has 0 aromatic heterocycles. The van der Waals surface area contributed by atoms with Gasteiger partial charge in [-0.15, -0.1) is 0 Å². The minimum absolute atomic E-state index is 0.240. The summed E-state index contributed by atoms with van der Waals surface area (Å²) in [5, 5.41) is 0.